The van der Waals surface area contributed by atoms with Gasteiger partial charge in [0.2, 0.25) is 0 Å². The van der Waals surface area contributed by atoms with Crippen LogP contribution in [-0.4, -0.2) is 21.1 Å². The SMILES string of the molecule is CC(C)(C)S[Se](=O)SC(C)(C)C. The van der Waals surface area contributed by atoms with Crippen molar-refractivity contribution in [1.82, 2.24) is 0 Å². The molecule has 4 heteroatoms. The van der Waals surface area contributed by atoms with E-state index in [-0.39, 0.29) is 9.49 Å². The first kappa shape index (κ1) is 13.0. The number of hydrogen-bond acceptors (Lipinski definition) is 3. The van der Waals surface area contributed by atoms with Crippen LogP contribution in [0.5, 0.6) is 0 Å². The van der Waals surface area contributed by atoms with Crippen LogP contribution in [0.2, 0.25) is 0 Å². The van der Waals surface area contributed by atoms with E-state index in [1.54, 1.807) is 20.4 Å². The van der Waals surface area contributed by atoms with E-state index in [2.05, 4.69) is 41.5 Å². The molecule has 0 heterocycles. The third kappa shape index (κ3) is 9.11. The molecule has 0 aromatic carbocycles. The summed E-state index contributed by atoms with van der Waals surface area (Å²) in [5, 5.41) is 0. The van der Waals surface area contributed by atoms with Crippen LogP contribution in [0.4, 0.5) is 0 Å². The molecule has 0 unspecified atom stereocenters. The zero-order valence-electron chi connectivity index (χ0n) is 8.63. The molecule has 0 fully saturated rings. The van der Waals surface area contributed by atoms with Crippen LogP contribution in [0, 0.1) is 0 Å². The van der Waals surface area contributed by atoms with Crippen LogP contribution in [0.15, 0.2) is 0 Å². The van der Waals surface area contributed by atoms with E-state index in [1.165, 1.54) is 0 Å². The summed E-state index contributed by atoms with van der Waals surface area (Å²) in [7, 11) is 3.23. The molecule has 0 aliphatic heterocycles. The zero-order valence-corrected chi connectivity index (χ0v) is 12.0. The second kappa shape index (κ2) is 4.49. The van der Waals surface area contributed by atoms with Gasteiger partial charge < -0.3 is 0 Å². The Hall–Kier alpha value is 1.02. The average molecular weight is 273 g/mol. The van der Waals surface area contributed by atoms with Crippen LogP contribution in [0.25, 0.3) is 0 Å². The van der Waals surface area contributed by atoms with Gasteiger partial charge in [-0.3, -0.25) is 0 Å². The summed E-state index contributed by atoms with van der Waals surface area (Å²) in [6.45, 7) is 12.6. The van der Waals surface area contributed by atoms with Gasteiger partial charge in [0.25, 0.3) is 0 Å². The first-order valence-corrected chi connectivity index (χ1v) is 10.3. The Kier molecular flexibility index (Phi) is 4.88. The molecule has 0 aromatic rings. The Morgan fingerprint density at radius 3 is 1.25 bits per heavy atom. The van der Waals surface area contributed by atoms with Gasteiger partial charge in [0, 0.05) is 0 Å². The summed E-state index contributed by atoms with van der Waals surface area (Å²) in [4.78, 5) is 0. The predicted molar refractivity (Wildman–Crippen MR) is 61.1 cm³/mol. The van der Waals surface area contributed by atoms with Gasteiger partial charge in [0.15, 0.2) is 0 Å². The van der Waals surface area contributed by atoms with Gasteiger partial charge >= 0.3 is 86.8 Å². The monoisotopic (exact) mass is 274 g/mol. The summed E-state index contributed by atoms with van der Waals surface area (Å²) in [6.07, 6.45) is 0. The molecule has 0 atom stereocenters. The molecular weight excluding hydrogens is 255 g/mol. The molecule has 74 valence electrons. The van der Waals surface area contributed by atoms with Crippen LogP contribution in [-0.2, 0) is 3.83 Å². The summed E-state index contributed by atoms with van der Waals surface area (Å²) in [5.74, 6) is 0. The normalized spacial score (nSPS) is 13.9. The Bertz CT molecular complexity index is 149. The Morgan fingerprint density at radius 2 is 1.08 bits per heavy atom. The van der Waals surface area contributed by atoms with Gasteiger partial charge in [-0.15, -0.1) is 0 Å². The van der Waals surface area contributed by atoms with E-state index < -0.39 is 11.6 Å². The summed E-state index contributed by atoms with van der Waals surface area (Å²) >= 11 is -1.74. The van der Waals surface area contributed by atoms with E-state index in [0.29, 0.717) is 0 Å². The van der Waals surface area contributed by atoms with E-state index in [4.69, 9.17) is 0 Å². The van der Waals surface area contributed by atoms with Crippen molar-refractivity contribution >= 4 is 32.0 Å². The molecule has 0 saturated carbocycles. The molecule has 0 N–H and O–H groups in total. The van der Waals surface area contributed by atoms with Crippen molar-refractivity contribution in [2.75, 3.05) is 0 Å². The fourth-order valence-corrected chi connectivity index (χ4v) is 13.5. The maximum absolute atomic E-state index is 11.6. The fourth-order valence-electron chi connectivity index (χ4n) is 0.425. The number of hydrogen-bond donors (Lipinski definition) is 0. The zero-order chi connectivity index (χ0) is 9.99. The van der Waals surface area contributed by atoms with Gasteiger partial charge in [-0.25, -0.2) is 0 Å². The Balaban J connectivity index is 3.92. The minimum absolute atomic E-state index is 0.130. The molecule has 0 saturated heterocycles. The van der Waals surface area contributed by atoms with Crippen molar-refractivity contribution in [1.29, 1.82) is 0 Å². The van der Waals surface area contributed by atoms with Crippen molar-refractivity contribution in [3.05, 3.63) is 0 Å². The molecule has 0 aliphatic carbocycles. The second-order valence-corrected chi connectivity index (χ2v) is 14.6. The Morgan fingerprint density at radius 1 is 0.833 bits per heavy atom. The molecule has 0 amide bonds. The van der Waals surface area contributed by atoms with Crippen LogP contribution in [0.3, 0.4) is 0 Å². The molecule has 12 heavy (non-hydrogen) atoms. The van der Waals surface area contributed by atoms with Crippen molar-refractivity contribution in [3.8, 4) is 0 Å². The van der Waals surface area contributed by atoms with Gasteiger partial charge in [-0.05, 0) is 0 Å². The van der Waals surface area contributed by atoms with Crippen LogP contribution in [0.1, 0.15) is 41.5 Å². The molecule has 0 aromatic heterocycles. The van der Waals surface area contributed by atoms with E-state index in [0.717, 1.165) is 0 Å². The van der Waals surface area contributed by atoms with Gasteiger partial charge in [-0.1, -0.05) is 0 Å². The maximum atomic E-state index is 11.6. The molecule has 0 bridgehead atoms. The van der Waals surface area contributed by atoms with Crippen molar-refractivity contribution in [3.63, 3.8) is 0 Å². The molecule has 0 aliphatic rings. The van der Waals surface area contributed by atoms with Crippen molar-refractivity contribution in [2.24, 2.45) is 0 Å². The van der Waals surface area contributed by atoms with E-state index in [9.17, 15) is 3.83 Å². The van der Waals surface area contributed by atoms with Crippen LogP contribution < -0.4 is 0 Å². The first-order valence-electron chi connectivity index (χ1n) is 3.91. The third-order valence-electron chi connectivity index (χ3n) is 0.636. The molecule has 0 rings (SSSR count). The minimum atomic E-state index is -1.74. The molecule has 0 radical (unpaired) electrons. The van der Waals surface area contributed by atoms with Crippen molar-refractivity contribution < 1.29 is 3.83 Å². The van der Waals surface area contributed by atoms with Gasteiger partial charge in [0.1, 0.15) is 0 Å². The van der Waals surface area contributed by atoms with Crippen molar-refractivity contribution in [2.45, 2.75) is 51.0 Å². The summed E-state index contributed by atoms with van der Waals surface area (Å²) in [6, 6.07) is 0. The fraction of sp³-hybridized carbons (Fsp3) is 1.00. The van der Waals surface area contributed by atoms with E-state index >= 15 is 0 Å². The summed E-state index contributed by atoms with van der Waals surface area (Å²) in [5.41, 5.74) is 0. The standard InChI is InChI=1S/C8H18OS2Se/c1-7(2,3)10-12(9)11-8(4,5)6/h1-6H3. The first-order chi connectivity index (χ1) is 5.10. The second-order valence-electron chi connectivity index (χ2n) is 4.60. The predicted octanol–water partition coefficient (Wildman–Crippen LogP) is 3.47. The molecule has 1 nitrogen and oxygen atoms in total. The van der Waals surface area contributed by atoms with Gasteiger partial charge in [0.05, 0.1) is 0 Å². The summed E-state index contributed by atoms with van der Waals surface area (Å²) < 4.78 is 11.9. The average Bonchev–Trinajstić information content (AvgIpc) is 1.49. The quantitative estimate of drug-likeness (QED) is 0.717. The van der Waals surface area contributed by atoms with Gasteiger partial charge in [-0.2, -0.15) is 0 Å². The third-order valence-corrected chi connectivity index (χ3v) is 12.0. The van der Waals surface area contributed by atoms with Crippen LogP contribution >= 0.6 is 20.4 Å². The molecular formula is C8H18OS2Se. The molecule has 0 spiro atoms. The van der Waals surface area contributed by atoms with E-state index in [1.807, 2.05) is 0 Å². The Labute approximate surface area is 86.7 Å². The number of rotatable bonds is 2. The topological polar surface area (TPSA) is 17.1 Å².